The first-order valence-electron chi connectivity index (χ1n) is 11.5. The second-order valence-corrected chi connectivity index (χ2v) is 10.8. The minimum atomic E-state index is -0.969. The van der Waals surface area contributed by atoms with Crippen LogP contribution in [0, 0.1) is 23.7 Å². The summed E-state index contributed by atoms with van der Waals surface area (Å²) in [6, 6.07) is 9.75. The second-order valence-electron chi connectivity index (χ2n) is 10.8. The summed E-state index contributed by atoms with van der Waals surface area (Å²) < 4.78 is 12.5. The predicted molar refractivity (Wildman–Crippen MR) is 114 cm³/mol. The van der Waals surface area contributed by atoms with E-state index in [2.05, 4.69) is 18.7 Å². The molecule has 4 aliphatic rings. The SMILES string of the molecule is C[C@@H]1CC[C@H]2[C@H](CN(C)C[C@@](C)(O)c3ccccc3)C(=O)O[C@]23[C@H]1CC[C@@]1(C)O[C@@H]31. The number of epoxide rings is 1. The van der Waals surface area contributed by atoms with Crippen LogP contribution < -0.4 is 0 Å². The number of hydrogen-bond donors (Lipinski definition) is 1. The van der Waals surface area contributed by atoms with Gasteiger partial charge in [-0.1, -0.05) is 37.3 Å². The molecule has 5 rings (SSSR count). The van der Waals surface area contributed by atoms with Gasteiger partial charge >= 0.3 is 5.97 Å². The predicted octanol–water partition coefficient (Wildman–Crippen LogP) is 3.35. The fourth-order valence-electron chi connectivity index (χ4n) is 7.08. The Bertz CT molecular complexity index is 826. The second kappa shape index (κ2) is 6.78. The Hall–Kier alpha value is -1.43. The van der Waals surface area contributed by atoms with Crippen molar-refractivity contribution in [2.75, 3.05) is 20.1 Å². The molecule has 5 nitrogen and oxygen atoms in total. The standard InChI is InChI=1S/C25H35NO4/c1-16-10-11-20-18(14-26(4)15-23(2,28)17-8-6-5-7-9-17)21(27)29-25(20)19(16)12-13-24(3)22(25)30-24/h5-9,16,18-20,22,28H,10-15H2,1-4H3/t16-,18+,19+,20+,22-,23-,24-,25-/m1/s1. The lowest BCUT2D eigenvalue weighted by atomic mass is 9.55. The van der Waals surface area contributed by atoms with Crippen molar-refractivity contribution >= 4 is 5.97 Å². The molecule has 1 aromatic carbocycles. The van der Waals surface area contributed by atoms with Gasteiger partial charge in [0.25, 0.3) is 0 Å². The van der Waals surface area contributed by atoms with Crippen LogP contribution in [0.15, 0.2) is 30.3 Å². The van der Waals surface area contributed by atoms with Crippen LogP contribution in [-0.4, -0.2) is 53.4 Å². The van der Waals surface area contributed by atoms with E-state index >= 15 is 0 Å². The first-order chi connectivity index (χ1) is 14.2. The van der Waals surface area contributed by atoms with Crippen LogP contribution in [0.4, 0.5) is 0 Å². The molecule has 2 heterocycles. The Morgan fingerprint density at radius 3 is 2.67 bits per heavy atom. The minimum Gasteiger partial charge on any atom is -0.455 e. The molecule has 1 aromatic rings. The molecule has 164 valence electrons. The zero-order valence-electron chi connectivity index (χ0n) is 18.6. The highest BCUT2D eigenvalue weighted by molar-refractivity contribution is 5.77. The molecule has 5 heteroatoms. The normalized spacial score (nSPS) is 43.9. The van der Waals surface area contributed by atoms with E-state index in [0.717, 1.165) is 31.2 Å². The van der Waals surface area contributed by atoms with E-state index in [1.54, 1.807) is 0 Å². The molecule has 0 unspecified atom stereocenters. The molecule has 30 heavy (non-hydrogen) atoms. The largest absolute Gasteiger partial charge is 0.455 e. The Labute approximate surface area is 179 Å². The summed E-state index contributed by atoms with van der Waals surface area (Å²) in [6.07, 6.45) is 4.39. The summed E-state index contributed by atoms with van der Waals surface area (Å²) in [4.78, 5) is 15.3. The van der Waals surface area contributed by atoms with E-state index in [9.17, 15) is 9.90 Å². The van der Waals surface area contributed by atoms with Gasteiger partial charge in [-0.3, -0.25) is 4.79 Å². The van der Waals surface area contributed by atoms with Crippen LogP contribution in [0.1, 0.15) is 52.0 Å². The van der Waals surface area contributed by atoms with E-state index in [1.165, 1.54) is 0 Å². The molecule has 1 spiro atoms. The van der Waals surface area contributed by atoms with E-state index in [4.69, 9.17) is 9.47 Å². The van der Waals surface area contributed by atoms with Crippen molar-refractivity contribution in [2.45, 2.75) is 69.4 Å². The monoisotopic (exact) mass is 413 g/mol. The molecule has 2 saturated heterocycles. The van der Waals surface area contributed by atoms with E-state index in [0.29, 0.717) is 24.9 Å². The number of aliphatic hydroxyl groups is 1. The van der Waals surface area contributed by atoms with Crippen molar-refractivity contribution in [1.29, 1.82) is 0 Å². The van der Waals surface area contributed by atoms with Gasteiger partial charge in [0.2, 0.25) is 0 Å². The Kier molecular flexibility index (Phi) is 4.63. The van der Waals surface area contributed by atoms with Crippen molar-refractivity contribution < 1.29 is 19.4 Å². The molecule has 2 aliphatic carbocycles. The van der Waals surface area contributed by atoms with E-state index in [-0.39, 0.29) is 29.5 Å². The third-order valence-electron chi connectivity index (χ3n) is 8.57. The highest BCUT2D eigenvalue weighted by Gasteiger charge is 2.77. The number of benzene rings is 1. The van der Waals surface area contributed by atoms with Gasteiger partial charge in [-0.15, -0.1) is 0 Å². The van der Waals surface area contributed by atoms with Crippen molar-refractivity contribution in [3.05, 3.63) is 35.9 Å². The highest BCUT2D eigenvalue weighted by Crippen LogP contribution is 2.66. The third-order valence-corrected chi connectivity index (χ3v) is 8.57. The van der Waals surface area contributed by atoms with Gasteiger partial charge in [-0.25, -0.2) is 0 Å². The fourth-order valence-corrected chi connectivity index (χ4v) is 7.08. The summed E-state index contributed by atoms with van der Waals surface area (Å²) in [5, 5.41) is 11.1. The van der Waals surface area contributed by atoms with Gasteiger partial charge in [0.1, 0.15) is 11.7 Å². The number of likely N-dealkylation sites (N-methyl/N-ethyl adjacent to an activating group) is 1. The van der Waals surface area contributed by atoms with Gasteiger partial charge in [-0.05, 0) is 58.1 Å². The molecule has 2 aliphatic heterocycles. The number of ether oxygens (including phenoxy) is 2. The number of esters is 1. The number of rotatable bonds is 5. The molecule has 4 fully saturated rings. The maximum Gasteiger partial charge on any atom is 0.311 e. The van der Waals surface area contributed by atoms with Crippen molar-refractivity contribution in [2.24, 2.45) is 23.7 Å². The highest BCUT2D eigenvalue weighted by atomic mass is 16.7. The third kappa shape index (κ3) is 2.96. The number of carbonyl (C=O) groups is 1. The number of nitrogens with zero attached hydrogens (tertiary/aromatic N) is 1. The topological polar surface area (TPSA) is 62.3 Å². The van der Waals surface area contributed by atoms with Crippen molar-refractivity contribution in [3.63, 3.8) is 0 Å². The lowest BCUT2D eigenvalue weighted by Crippen LogP contribution is -2.58. The summed E-state index contributed by atoms with van der Waals surface area (Å²) in [6.45, 7) is 7.42. The van der Waals surface area contributed by atoms with E-state index in [1.807, 2.05) is 44.3 Å². The average molecular weight is 414 g/mol. The summed E-state index contributed by atoms with van der Waals surface area (Å²) in [7, 11) is 2.00. The zero-order chi connectivity index (χ0) is 21.3. The maximum atomic E-state index is 13.2. The average Bonchev–Trinajstić information content (AvgIpc) is 3.32. The van der Waals surface area contributed by atoms with Crippen molar-refractivity contribution in [1.82, 2.24) is 4.90 Å². The van der Waals surface area contributed by atoms with Gasteiger partial charge in [0, 0.05) is 24.9 Å². The van der Waals surface area contributed by atoms with Crippen LogP contribution in [0.2, 0.25) is 0 Å². The van der Waals surface area contributed by atoms with Crippen molar-refractivity contribution in [3.8, 4) is 0 Å². The summed E-state index contributed by atoms with van der Waals surface area (Å²) >= 11 is 0. The van der Waals surface area contributed by atoms with Crippen LogP contribution in [0.5, 0.6) is 0 Å². The molecular weight excluding hydrogens is 378 g/mol. The van der Waals surface area contributed by atoms with Crippen LogP contribution in [0.25, 0.3) is 0 Å². The lowest BCUT2D eigenvalue weighted by Gasteiger charge is -2.50. The molecule has 0 aromatic heterocycles. The molecular formula is C25H35NO4. The lowest BCUT2D eigenvalue weighted by molar-refractivity contribution is -0.168. The first kappa shape index (κ1) is 20.5. The molecule has 8 atom stereocenters. The van der Waals surface area contributed by atoms with Gasteiger partial charge in [0.05, 0.1) is 17.1 Å². The molecule has 0 bridgehead atoms. The molecule has 1 N–H and O–H groups in total. The zero-order valence-corrected chi connectivity index (χ0v) is 18.6. The number of hydrogen-bond acceptors (Lipinski definition) is 5. The Morgan fingerprint density at radius 1 is 1.20 bits per heavy atom. The Morgan fingerprint density at radius 2 is 1.93 bits per heavy atom. The summed E-state index contributed by atoms with van der Waals surface area (Å²) in [5.74, 6) is 0.970. The summed E-state index contributed by atoms with van der Waals surface area (Å²) in [5.41, 5.74) is -0.620. The van der Waals surface area contributed by atoms with Gasteiger partial charge < -0.3 is 19.5 Å². The number of fused-ring (bicyclic) bond motifs is 1. The van der Waals surface area contributed by atoms with Crippen LogP contribution in [-0.2, 0) is 19.9 Å². The molecule has 0 amide bonds. The van der Waals surface area contributed by atoms with Crippen LogP contribution >= 0.6 is 0 Å². The molecule has 2 saturated carbocycles. The quantitative estimate of drug-likeness (QED) is 0.593. The fraction of sp³-hybridized carbons (Fsp3) is 0.720. The number of carbonyl (C=O) groups excluding carboxylic acids is 1. The van der Waals surface area contributed by atoms with Gasteiger partial charge in [-0.2, -0.15) is 0 Å². The first-order valence-corrected chi connectivity index (χ1v) is 11.5. The molecule has 0 radical (unpaired) electrons. The van der Waals surface area contributed by atoms with Crippen LogP contribution in [0.3, 0.4) is 0 Å². The maximum absolute atomic E-state index is 13.2. The van der Waals surface area contributed by atoms with Gasteiger partial charge in [0.15, 0.2) is 0 Å². The smallest absolute Gasteiger partial charge is 0.311 e. The Balaban J connectivity index is 1.35. The minimum absolute atomic E-state index is 0.0585. The van der Waals surface area contributed by atoms with E-state index < -0.39 is 11.2 Å².